The van der Waals surface area contributed by atoms with Gasteiger partial charge in [-0.05, 0) is 50.2 Å². The number of nitrogens with one attached hydrogen (secondary N) is 2. The third kappa shape index (κ3) is 3.16. The number of aromatic nitrogens is 3. The number of imidazole rings is 1. The molecule has 0 radical (unpaired) electrons. The highest BCUT2D eigenvalue weighted by Gasteiger charge is 2.17. The van der Waals surface area contributed by atoms with Gasteiger partial charge in [0.2, 0.25) is 5.95 Å². The molecule has 0 atom stereocenters. The molecule has 1 saturated heterocycles. The van der Waals surface area contributed by atoms with Crippen LogP contribution in [0, 0.1) is 0 Å². The molecule has 1 amide bonds. The van der Waals surface area contributed by atoms with Crippen molar-refractivity contribution in [2.24, 2.45) is 0 Å². The number of carbonyl (C=O) groups is 1. The standard InChI is InChI=1S/C22H23N5O/c28-21(19-15-16-7-1-2-8-17(16)23-19)25-22-24-18-9-3-4-10-20(18)27(22)14-13-26-11-5-6-12-26/h1-4,7-10,15,23H,5-6,11-14H2,(H,24,25,28). The SMILES string of the molecule is O=C(Nc1nc2ccccc2n1CCN1CCCC1)c1cc2ccccc2[nH]1. The minimum Gasteiger partial charge on any atom is -0.351 e. The summed E-state index contributed by atoms with van der Waals surface area (Å²) in [5.41, 5.74) is 3.44. The lowest BCUT2D eigenvalue weighted by Crippen LogP contribution is -2.25. The number of rotatable bonds is 5. The van der Waals surface area contributed by atoms with Crippen molar-refractivity contribution in [3.8, 4) is 0 Å². The highest BCUT2D eigenvalue weighted by atomic mass is 16.2. The Morgan fingerprint density at radius 1 is 1.04 bits per heavy atom. The molecule has 0 spiro atoms. The maximum absolute atomic E-state index is 12.9. The van der Waals surface area contributed by atoms with Gasteiger partial charge in [-0.15, -0.1) is 0 Å². The van der Waals surface area contributed by atoms with Crippen molar-refractivity contribution in [1.82, 2.24) is 19.4 Å². The van der Waals surface area contributed by atoms with E-state index in [1.807, 2.05) is 48.5 Å². The Kier molecular flexibility index (Phi) is 4.33. The average molecular weight is 373 g/mol. The van der Waals surface area contributed by atoms with E-state index in [4.69, 9.17) is 0 Å². The summed E-state index contributed by atoms with van der Waals surface area (Å²) in [7, 11) is 0. The molecule has 4 aromatic rings. The topological polar surface area (TPSA) is 66.0 Å². The van der Waals surface area contributed by atoms with Gasteiger partial charge in [-0.1, -0.05) is 30.3 Å². The van der Waals surface area contributed by atoms with Crippen molar-refractivity contribution >= 4 is 33.8 Å². The number of para-hydroxylation sites is 3. The Labute approximate surface area is 163 Å². The molecule has 0 unspecified atom stereocenters. The summed E-state index contributed by atoms with van der Waals surface area (Å²) in [4.78, 5) is 23.2. The lowest BCUT2D eigenvalue weighted by Gasteiger charge is -2.16. The van der Waals surface area contributed by atoms with Gasteiger partial charge >= 0.3 is 0 Å². The molecule has 0 aliphatic carbocycles. The first-order valence-corrected chi connectivity index (χ1v) is 9.85. The molecule has 5 rings (SSSR count). The molecule has 2 aromatic carbocycles. The van der Waals surface area contributed by atoms with E-state index in [2.05, 4.69) is 30.8 Å². The van der Waals surface area contributed by atoms with E-state index in [1.165, 1.54) is 12.8 Å². The maximum Gasteiger partial charge on any atom is 0.274 e. The van der Waals surface area contributed by atoms with Gasteiger partial charge in [-0.2, -0.15) is 0 Å². The first-order chi connectivity index (χ1) is 13.8. The minimum absolute atomic E-state index is 0.172. The number of carbonyl (C=O) groups excluding carboxylic acids is 1. The van der Waals surface area contributed by atoms with Crippen LogP contribution in [0.2, 0.25) is 0 Å². The van der Waals surface area contributed by atoms with Gasteiger partial charge in [0, 0.05) is 24.0 Å². The zero-order valence-electron chi connectivity index (χ0n) is 15.7. The number of H-pyrrole nitrogens is 1. The number of nitrogens with zero attached hydrogens (tertiary/aromatic N) is 3. The fourth-order valence-corrected chi connectivity index (χ4v) is 4.01. The zero-order chi connectivity index (χ0) is 18.9. The van der Waals surface area contributed by atoms with Crippen LogP contribution in [0.15, 0.2) is 54.6 Å². The number of benzene rings is 2. The first kappa shape index (κ1) is 17.0. The quantitative estimate of drug-likeness (QED) is 0.558. The summed E-state index contributed by atoms with van der Waals surface area (Å²) in [6.45, 7) is 4.09. The van der Waals surface area contributed by atoms with E-state index >= 15 is 0 Å². The van der Waals surface area contributed by atoms with Gasteiger partial charge in [0.15, 0.2) is 0 Å². The Morgan fingerprint density at radius 2 is 1.82 bits per heavy atom. The van der Waals surface area contributed by atoms with Crippen LogP contribution in [0.3, 0.4) is 0 Å². The number of hydrogen-bond donors (Lipinski definition) is 2. The van der Waals surface area contributed by atoms with Gasteiger partial charge in [-0.3, -0.25) is 10.1 Å². The molecular weight excluding hydrogens is 350 g/mol. The Hall–Kier alpha value is -3.12. The molecule has 0 bridgehead atoms. The monoisotopic (exact) mass is 373 g/mol. The highest BCUT2D eigenvalue weighted by molar-refractivity contribution is 6.05. The van der Waals surface area contributed by atoms with E-state index in [0.29, 0.717) is 11.6 Å². The fourth-order valence-electron chi connectivity index (χ4n) is 4.01. The van der Waals surface area contributed by atoms with Gasteiger partial charge in [0.25, 0.3) is 5.91 Å². The fraction of sp³-hybridized carbons (Fsp3) is 0.273. The van der Waals surface area contributed by atoms with Crippen molar-refractivity contribution in [2.75, 3.05) is 25.0 Å². The molecule has 28 heavy (non-hydrogen) atoms. The summed E-state index contributed by atoms with van der Waals surface area (Å²) >= 11 is 0. The molecule has 6 heteroatoms. The van der Waals surface area contributed by atoms with Gasteiger partial charge < -0.3 is 14.5 Å². The molecule has 1 aliphatic heterocycles. The number of likely N-dealkylation sites (tertiary alicyclic amines) is 1. The second-order valence-electron chi connectivity index (χ2n) is 7.35. The zero-order valence-corrected chi connectivity index (χ0v) is 15.7. The highest BCUT2D eigenvalue weighted by Crippen LogP contribution is 2.21. The smallest absolute Gasteiger partial charge is 0.274 e. The van der Waals surface area contributed by atoms with E-state index in [1.54, 1.807) is 0 Å². The number of hydrogen-bond acceptors (Lipinski definition) is 3. The van der Waals surface area contributed by atoms with E-state index in [0.717, 1.165) is 48.1 Å². The average Bonchev–Trinajstić information content (AvgIpc) is 3.44. The summed E-state index contributed by atoms with van der Waals surface area (Å²) < 4.78 is 2.12. The first-order valence-electron chi connectivity index (χ1n) is 9.85. The molecule has 1 fully saturated rings. The second-order valence-corrected chi connectivity index (χ2v) is 7.35. The lowest BCUT2D eigenvalue weighted by molar-refractivity contribution is 0.102. The van der Waals surface area contributed by atoms with E-state index < -0.39 is 0 Å². The third-order valence-electron chi connectivity index (χ3n) is 5.49. The van der Waals surface area contributed by atoms with Crippen molar-refractivity contribution in [1.29, 1.82) is 0 Å². The van der Waals surface area contributed by atoms with Crippen LogP contribution >= 0.6 is 0 Å². The molecule has 1 aliphatic rings. The van der Waals surface area contributed by atoms with Gasteiger partial charge in [0.1, 0.15) is 5.69 Å². The molecule has 6 nitrogen and oxygen atoms in total. The summed E-state index contributed by atoms with van der Waals surface area (Å²) in [5, 5.41) is 4.04. The lowest BCUT2D eigenvalue weighted by atomic mass is 10.2. The summed E-state index contributed by atoms with van der Waals surface area (Å²) in [5.74, 6) is 0.429. The summed E-state index contributed by atoms with van der Waals surface area (Å²) in [6, 6.07) is 17.8. The van der Waals surface area contributed by atoms with Crippen LogP contribution in [-0.2, 0) is 6.54 Å². The van der Waals surface area contributed by atoms with Crippen molar-refractivity contribution < 1.29 is 4.79 Å². The Balaban J connectivity index is 1.43. The summed E-state index contributed by atoms with van der Waals surface area (Å²) in [6.07, 6.45) is 2.54. The van der Waals surface area contributed by atoms with Crippen LogP contribution in [0.1, 0.15) is 23.3 Å². The molecule has 2 N–H and O–H groups in total. The number of fused-ring (bicyclic) bond motifs is 2. The molecule has 3 heterocycles. The Morgan fingerprint density at radius 3 is 2.68 bits per heavy atom. The van der Waals surface area contributed by atoms with E-state index in [-0.39, 0.29) is 5.91 Å². The number of amides is 1. The largest absolute Gasteiger partial charge is 0.351 e. The van der Waals surface area contributed by atoms with Crippen molar-refractivity contribution in [3.05, 3.63) is 60.3 Å². The number of anilines is 1. The van der Waals surface area contributed by atoms with Crippen molar-refractivity contribution in [3.63, 3.8) is 0 Å². The van der Waals surface area contributed by atoms with Crippen LogP contribution in [0.5, 0.6) is 0 Å². The third-order valence-corrected chi connectivity index (χ3v) is 5.49. The van der Waals surface area contributed by atoms with Crippen molar-refractivity contribution in [2.45, 2.75) is 19.4 Å². The van der Waals surface area contributed by atoms with E-state index in [9.17, 15) is 4.79 Å². The molecule has 0 saturated carbocycles. The number of aromatic amines is 1. The van der Waals surface area contributed by atoms with Crippen LogP contribution in [-0.4, -0.2) is 45.0 Å². The normalized spacial score (nSPS) is 14.9. The maximum atomic E-state index is 12.9. The molecule has 142 valence electrons. The van der Waals surface area contributed by atoms with Gasteiger partial charge in [0.05, 0.1) is 11.0 Å². The molecule has 2 aromatic heterocycles. The Bertz CT molecular complexity index is 1100. The minimum atomic E-state index is -0.172. The predicted octanol–water partition coefficient (Wildman–Crippen LogP) is 3.87. The van der Waals surface area contributed by atoms with Crippen LogP contribution in [0.25, 0.3) is 21.9 Å². The second kappa shape index (κ2) is 7.13. The van der Waals surface area contributed by atoms with Gasteiger partial charge in [-0.25, -0.2) is 4.98 Å². The predicted molar refractivity (Wildman–Crippen MR) is 112 cm³/mol. The van der Waals surface area contributed by atoms with Crippen LogP contribution < -0.4 is 5.32 Å². The van der Waals surface area contributed by atoms with Crippen LogP contribution in [0.4, 0.5) is 5.95 Å². The molecular formula is C22H23N5O.